The maximum absolute atomic E-state index is 9.33. The van der Waals surface area contributed by atoms with Crippen LogP contribution in [0.3, 0.4) is 0 Å². The molecule has 0 saturated carbocycles. The fourth-order valence-electron chi connectivity index (χ4n) is 1.93. The van der Waals surface area contributed by atoms with Gasteiger partial charge in [0.05, 0.1) is 11.4 Å². The van der Waals surface area contributed by atoms with Crippen LogP contribution >= 0.6 is 34.5 Å². The SMILES string of the molecule is N#C/C(=N\Nc1cccc(Cl)c1)c1nc(-c2ccc(Cl)cc2)cs1. The number of rotatable bonds is 4. The summed E-state index contributed by atoms with van der Waals surface area (Å²) in [6, 6.07) is 16.5. The van der Waals surface area contributed by atoms with Crippen LogP contribution in [0.4, 0.5) is 5.69 Å². The van der Waals surface area contributed by atoms with Crippen molar-refractivity contribution in [1.82, 2.24) is 4.98 Å². The standard InChI is InChI=1S/C17H10Cl2N4S/c18-12-6-4-11(5-7-12)16-10-24-17(21-16)15(9-20)23-22-14-3-1-2-13(19)8-14/h1-8,10,22H/b23-15+. The van der Waals surface area contributed by atoms with Crippen molar-refractivity contribution in [2.75, 3.05) is 5.43 Å². The molecule has 1 N–H and O–H groups in total. The van der Waals surface area contributed by atoms with E-state index in [1.165, 1.54) is 11.3 Å². The monoisotopic (exact) mass is 372 g/mol. The first kappa shape index (κ1) is 16.5. The van der Waals surface area contributed by atoms with E-state index in [0.717, 1.165) is 11.3 Å². The summed E-state index contributed by atoms with van der Waals surface area (Å²) in [5.74, 6) is 0. The molecule has 0 bridgehead atoms. The van der Waals surface area contributed by atoms with Crippen LogP contribution in [0.5, 0.6) is 0 Å². The van der Waals surface area contributed by atoms with Crippen molar-refractivity contribution >= 4 is 45.9 Å². The molecule has 0 aliphatic carbocycles. The minimum atomic E-state index is 0.209. The lowest BCUT2D eigenvalue weighted by atomic mass is 10.2. The lowest BCUT2D eigenvalue weighted by Gasteiger charge is -2.00. The van der Waals surface area contributed by atoms with Crippen molar-refractivity contribution in [1.29, 1.82) is 5.26 Å². The molecule has 0 fully saturated rings. The number of nitrogens with zero attached hydrogens (tertiary/aromatic N) is 3. The van der Waals surface area contributed by atoms with Crippen LogP contribution in [-0.2, 0) is 0 Å². The molecule has 2 aromatic carbocycles. The zero-order valence-corrected chi connectivity index (χ0v) is 14.5. The fraction of sp³-hybridized carbons (Fsp3) is 0. The third-order valence-corrected chi connectivity index (χ3v) is 4.41. The smallest absolute Gasteiger partial charge is 0.196 e. The number of nitriles is 1. The predicted octanol–water partition coefficient (Wildman–Crippen LogP) is 5.46. The normalized spacial score (nSPS) is 11.1. The van der Waals surface area contributed by atoms with Crippen molar-refractivity contribution in [3.63, 3.8) is 0 Å². The largest absolute Gasteiger partial charge is 0.277 e. The number of nitrogens with one attached hydrogen (secondary N) is 1. The van der Waals surface area contributed by atoms with Gasteiger partial charge in [-0.05, 0) is 30.3 Å². The number of benzene rings is 2. The highest BCUT2D eigenvalue weighted by Gasteiger charge is 2.10. The maximum Gasteiger partial charge on any atom is 0.196 e. The Bertz CT molecular complexity index is 926. The summed E-state index contributed by atoms with van der Waals surface area (Å²) >= 11 is 13.2. The van der Waals surface area contributed by atoms with Crippen LogP contribution in [0.1, 0.15) is 5.01 Å². The average molecular weight is 373 g/mol. The Morgan fingerprint density at radius 2 is 1.92 bits per heavy atom. The van der Waals surface area contributed by atoms with E-state index < -0.39 is 0 Å². The first-order valence-corrected chi connectivity index (χ1v) is 8.50. The first-order chi connectivity index (χ1) is 11.7. The highest BCUT2D eigenvalue weighted by molar-refractivity contribution is 7.12. The first-order valence-electron chi connectivity index (χ1n) is 6.87. The van der Waals surface area contributed by atoms with Gasteiger partial charge < -0.3 is 0 Å². The Morgan fingerprint density at radius 3 is 2.62 bits per heavy atom. The third kappa shape index (κ3) is 3.92. The van der Waals surface area contributed by atoms with E-state index in [9.17, 15) is 5.26 Å². The molecule has 4 nitrogen and oxygen atoms in total. The molecule has 1 heterocycles. The summed E-state index contributed by atoms with van der Waals surface area (Å²) in [7, 11) is 0. The number of thiazole rings is 1. The molecular weight excluding hydrogens is 363 g/mol. The zero-order chi connectivity index (χ0) is 16.9. The Labute approximate surface area is 153 Å². The molecule has 3 rings (SSSR count). The maximum atomic E-state index is 9.33. The Kier molecular flexibility index (Phi) is 5.11. The van der Waals surface area contributed by atoms with Gasteiger partial charge in [-0.3, -0.25) is 5.43 Å². The van der Waals surface area contributed by atoms with E-state index in [2.05, 4.69) is 21.6 Å². The van der Waals surface area contributed by atoms with Gasteiger partial charge in [0.2, 0.25) is 0 Å². The molecular formula is C17H10Cl2N4S. The topological polar surface area (TPSA) is 61.1 Å². The second-order valence-corrected chi connectivity index (χ2v) is 6.47. The van der Waals surface area contributed by atoms with Gasteiger partial charge >= 0.3 is 0 Å². The van der Waals surface area contributed by atoms with Crippen LogP contribution in [0, 0.1) is 11.3 Å². The minimum absolute atomic E-state index is 0.209. The quantitative estimate of drug-likeness (QED) is 0.488. The van der Waals surface area contributed by atoms with Crippen LogP contribution < -0.4 is 5.43 Å². The van der Waals surface area contributed by atoms with Crippen LogP contribution in [0.25, 0.3) is 11.3 Å². The Morgan fingerprint density at radius 1 is 1.12 bits per heavy atom. The number of hydrogen-bond donors (Lipinski definition) is 1. The predicted molar refractivity (Wildman–Crippen MR) is 99.8 cm³/mol. The third-order valence-electron chi connectivity index (χ3n) is 3.07. The molecule has 0 saturated heterocycles. The Hall–Kier alpha value is -2.39. The lowest BCUT2D eigenvalue weighted by Crippen LogP contribution is -2.01. The molecule has 24 heavy (non-hydrogen) atoms. The molecule has 0 atom stereocenters. The summed E-state index contributed by atoms with van der Waals surface area (Å²) in [6.07, 6.45) is 0. The van der Waals surface area contributed by atoms with E-state index in [-0.39, 0.29) is 5.71 Å². The van der Waals surface area contributed by atoms with E-state index >= 15 is 0 Å². The average Bonchev–Trinajstić information content (AvgIpc) is 3.06. The number of anilines is 1. The van der Waals surface area contributed by atoms with E-state index in [1.807, 2.05) is 23.6 Å². The number of halogens is 2. The molecule has 0 radical (unpaired) electrons. The van der Waals surface area contributed by atoms with Crippen molar-refractivity contribution in [2.24, 2.45) is 5.10 Å². The molecule has 7 heteroatoms. The van der Waals surface area contributed by atoms with Crippen LogP contribution in [0.2, 0.25) is 10.0 Å². The molecule has 1 aromatic heterocycles. The highest BCUT2D eigenvalue weighted by Crippen LogP contribution is 2.24. The van der Waals surface area contributed by atoms with Gasteiger partial charge in [-0.1, -0.05) is 41.4 Å². The lowest BCUT2D eigenvalue weighted by molar-refractivity contribution is 1.31. The molecule has 3 aromatic rings. The van der Waals surface area contributed by atoms with Gasteiger partial charge in [-0.15, -0.1) is 11.3 Å². The van der Waals surface area contributed by atoms with Gasteiger partial charge in [0.15, 0.2) is 10.7 Å². The summed E-state index contributed by atoms with van der Waals surface area (Å²) in [5.41, 5.74) is 5.44. The molecule has 0 aliphatic rings. The number of hydrogen-bond acceptors (Lipinski definition) is 5. The second-order valence-electron chi connectivity index (χ2n) is 4.74. The molecule has 0 spiro atoms. The van der Waals surface area contributed by atoms with Crippen molar-refractivity contribution in [3.8, 4) is 17.3 Å². The van der Waals surface area contributed by atoms with Crippen molar-refractivity contribution in [3.05, 3.63) is 69.0 Å². The second kappa shape index (κ2) is 7.45. The fourth-order valence-corrected chi connectivity index (χ4v) is 3.02. The van der Waals surface area contributed by atoms with Gasteiger partial charge in [0.1, 0.15) is 6.07 Å². The van der Waals surface area contributed by atoms with Crippen molar-refractivity contribution < 1.29 is 0 Å². The number of aromatic nitrogens is 1. The summed E-state index contributed by atoms with van der Waals surface area (Å²) in [6.45, 7) is 0. The molecule has 0 unspecified atom stereocenters. The van der Waals surface area contributed by atoms with E-state index in [4.69, 9.17) is 23.2 Å². The van der Waals surface area contributed by atoms with E-state index in [0.29, 0.717) is 20.7 Å². The molecule has 0 amide bonds. The molecule has 0 aliphatic heterocycles. The zero-order valence-electron chi connectivity index (χ0n) is 12.2. The summed E-state index contributed by atoms with van der Waals surface area (Å²) in [5, 5.41) is 17.1. The van der Waals surface area contributed by atoms with Crippen molar-refractivity contribution in [2.45, 2.75) is 0 Å². The van der Waals surface area contributed by atoms with Gasteiger partial charge in [0.25, 0.3) is 0 Å². The minimum Gasteiger partial charge on any atom is -0.277 e. The van der Waals surface area contributed by atoms with Gasteiger partial charge in [-0.2, -0.15) is 10.4 Å². The Balaban J connectivity index is 1.82. The highest BCUT2D eigenvalue weighted by atomic mass is 35.5. The number of hydrazone groups is 1. The van der Waals surface area contributed by atoms with Gasteiger partial charge in [0, 0.05) is 21.0 Å². The van der Waals surface area contributed by atoms with Crippen LogP contribution in [-0.4, -0.2) is 10.7 Å². The molecule has 118 valence electrons. The summed E-state index contributed by atoms with van der Waals surface area (Å²) in [4.78, 5) is 4.47. The van der Waals surface area contributed by atoms with E-state index in [1.54, 1.807) is 30.3 Å². The van der Waals surface area contributed by atoms with Crippen LogP contribution in [0.15, 0.2) is 59.0 Å². The summed E-state index contributed by atoms with van der Waals surface area (Å²) < 4.78 is 0. The van der Waals surface area contributed by atoms with Gasteiger partial charge in [-0.25, -0.2) is 4.98 Å².